The Hall–Kier alpha value is -3.93. The molecule has 0 N–H and O–H groups in total. The lowest BCUT2D eigenvalue weighted by molar-refractivity contribution is -0.167. The quantitative estimate of drug-likeness (QED) is 0.0261. The molecule has 0 heterocycles. The molecular formula is C76H130O6. The molecule has 0 radical (unpaired) electrons. The van der Waals surface area contributed by atoms with Gasteiger partial charge in [-0.3, -0.25) is 14.4 Å². The lowest BCUT2D eigenvalue weighted by Gasteiger charge is -2.18. The fourth-order valence-electron chi connectivity index (χ4n) is 9.88. The van der Waals surface area contributed by atoms with Crippen LogP contribution in [0.15, 0.2) is 109 Å². The van der Waals surface area contributed by atoms with Crippen molar-refractivity contribution in [1.82, 2.24) is 0 Å². The number of carbonyl (C=O) groups excluding carboxylic acids is 3. The van der Waals surface area contributed by atoms with E-state index in [9.17, 15) is 14.4 Å². The molecule has 0 bridgehead atoms. The largest absolute Gasteiger partial charge is 0.462 e. The van der Waals surface area contributed by atoms with Crippen molar-refractivity contribution in [2.45, 2.75) is 341 Å². The summed E-state index contributed by atoms with van der Waals surface area (Å²) >= 11 is 0. The summed E-state index contributed by atoms with van der Waals surface area (Å²) in [5.41, 5.74) is 0. The number of allylic oxidation sites excluding steroid dienone is 18. The summed E-state index contributed by atoms with van der Waals surface area (Å²) in [6.07, 6.45) is 95.5. The van der Waals surface area contributed by atoms with Crippen molar-refractivity contribution in [2.24, 2.45) is 0 Å². The average molecular weight is 1140 g/mol. The van der Waals surface area contributed by atoms with Gasteiger partial charge in [0.05, 0.1) is 0 Å². The van der Waals surface area contributed by atoms with Crippen molar-refractivity contribution in [1.29, 1.82) is 0 Å². The molecule has 0 saturated carbocycles. The molecular weight excluding hydrogens is 1010 g/mol. The van der Waals surface area contributed by atoms with Crippen LogP contribution in [0, 0.1) is 0 Å². The third-order valence-electron chi connectivity index (χ3n) is 15.0. The van der Waals surface area contributed by atoms with Crippen LogP contribution >= 0.6 is 0 Å². The Morgan fingerprint density at radius 1 is 0.256 bits per heavy atom. The molecule has 1 atom stereocenters. The van der Waals surface area contributed by atoms with Crippen LogP contribution in [0.5, 0.6) is 0 Å². The van der Waals surface area contributed by atoms with E-state index in [0.717, 1.165) is 103 Å². The van der Waals surface area contributed by atoms with Gasteiger partial charge in [-0.1, -0.05) is 329 Å². The van der Waals surface area contributed by atoms with E-state index in [0.29, 0.717) is 19.3 Å². The number of esters is 3. The first-order valence-electron chi connectivity index (χ1n) is 34.9. The highest BCUT2D eigenvalue weighted by molar-refractivity contribution is 5.71. The minimum atomic E-state index is -0.806. The molecule has 82 heavy (non-hydrogen) atoms. The Balaban J connectivity index is 4.39. The van der Waals surface area contributed by atoms with E-state index in [4.69, 9.17) is 14.2 Å². The molecule has 0 aromatic rings. The number of rotatable bonds is 63. The van der Waals surface area contributed by atoms with E-state index in [1.54, 1.807) is 0 Å². The highest BCUT2D eigenvalue weighted by Crippen LogP contribution is 2.18. The third kappa shape index (κ3) is 66.9. The molecule has 0 amide bonds. The molecule has 0 spiro atoms. The van der Waals surface area contributed by atoms with Gasteiger partial charge < -0.3 is 14.2 Å². The van der Waals surface area contributed by atoms with Gasteiger partial charge in [0.2, 0.25) is 0 Å². The van der Waals surface area contributed by atoms with E-state index in [1.807, 2.05) is 0 Å². The summed E-state index contributed by atoms with van der Waals surface area (Å²) in [4.78, 5) is 38.4. The van der Waals surface area contributed by atoms with Crippen molar-refractivity contribution in [3.8, 4) is 0 Å². The van der Waals surface area contributed by atoms with E-state index >= 15 is 0 Å². The molecule has 6 nitrogen and oxygen atoms in total. The Labute approximate surface area is 508 Å². The zero-order valence-corrected chi connectivity index (χ0v) is 54.0. The Bertz CT molecular complexity index is 1640. The van der Waals surface area contributed by atoms with E-state index in [1.165, 1.54) is 186 Å². The lowest BCUT2D eigenvalue weighted by atomic mass is 10.0. The Kier molecular flexibility index (Phi) is 66.2. The van der Waals surface area contributed by atoms with Crippen molar-refractivity contribution < 1.29 is 28.6 Å². The lowest BCUT2D eigenvalue weighted by Crippen LogP contribution is -2.30. The van der Waals surface area contributed by atoms with Gasteiger partial charge in [-0.25, -0.2) is 0 Å². The first kappa shape index (κ1) is 78.1. The second kappa shape index (κ2) is 69.6. The molecule has 1 unspecified atom stereocenters. The normalized spacial score (nSPS) is 12.8. The fourth-order valence-corrected chi connectivity index (χ4v) is 9.88. The molecule has 470 valence electrons. The smallest absolute Gasteiger partial charge is 0.306 e. The summed E-state index contributed by atoms with van der Waals surface area (Å²) in [6, 6.07) is 0. The van der Waals surface area contributed by atoms with Crippen LogP contribution in [0.4, 0.5) is 0 Å². The highest BCUT2D eigenvalue weighted by Gasteiger charge is 2.19. The van der Waals surface area contributed by atoms with Gasteiger partial charge in [-0.05, 0) is 96.3 Å². The molecule has 0 rings (SSSR count). The fraction of sp³-hybridized carbons (Fsp3) is 0.724. The minimum absolute atomic E-state index is 0.0955. The van der Waals surface area contributed by atoms with Crippen molar-refractivity contribution in [2.75, 3.05) is 13.2 Å². The minimum Gasteiger partial charge on any atom is -0.462 e. The van der Waals surface area contributed by atoms with Crippen LogP contribution in [-0.2, 0) is 28.6 Å². The molecule has 0 aromatic carbocycles. The second-order valence-corrected chi connectivity index (χ2v) is 23.0. The van der Waals surface area contributed by atoms with Crippen molar-refractivity contribution >= 4 is 17.9 Å². The van der Waals surface area contributed by atoms with E-state index in [2.05, 4.69) is 130 Å². The summed E-state index contributed by atoms with van der Waals surface area (Å²) in [7, 11) is 0. The maximum Gasteiger partial charge on any atom is 0.306 e. The number of hydrogen-bond acceptors (Lipinski definition) is 6. The van der Waals surface area contributed by atoms with Gasteiger partial charge in [-0.2, -0.15) is 0 Å². The van der Waals surface area contributed by atoms with E-state index in [-0.39, 0.29) is 37.5 Å². The molecule has 0 aliphatic heterocycles. The third-order valence-corrected chi connectivity index (χ3v) is 15.0. The van der Waals surface area contributed by atoms with Crippen molar-refractivity contribution in [3.63, 3.8) is 0 Å². The maximum absolute atomic E-state index is 13.0. The SMILES string of the molecule is CC/C=C\C/C=C\C/C=C\C/C=C\C/C=C\CCCC(=O)OCC(COC(=O)CCCCCCCCCCCCCCCCCCCCCCCCCC)OC(=O)CCCCCCCCCCCC/C=C\C/C=C\C/C=C\C/C=C\CC. The molecule has 0 aliphatic rings. The topological polar surface area (TPSA) is 78.9 Å². The van der Waals surface area contributed by atoms with Crippen LogP contribution in [-0.4, -0.2) is 37.2 Å². The monoisotopic (exact) mass is 1140 g/mol. The average Bonchev–Trinajstić information content (AvgIpc) is 3.47. The predicted octanol–water partition coefficient (Wildman–Crippen LogP) is 24.2. The second-order valence-electron chi connectivity index (χ2n) is 23.0. The van der Waals surface area contributed by atoms with Gasteiger partial charge in [0, 0.05) is 19.3 Å². The standard InChI is InChI=1S/C76H130O6/c1-4-7-10-13-16-19-22-25-28-31-33-35-37-39-40-42-45-48-51-54-57-60-63-66-69-75(78)81-72-73(71-80-74(77)68-65-62-59-56-53-50-47-44-30-27-24-21-18-15-12-9-6-3)82-76(79)70-67-64-61-58-55-52-49-46-43-41-38-36-34-32-29-26-23-20-17-14-11-8-5-2/h8-9,11-12,17-18,20-21,26-27,29-30,34,36,47,50,56,59,73H,4-7,10,13-16,19,22-25,28,31-33,35,37-46,48-49,51-55,57-58,60-72H2,1-3H3/b11-8-,12-9-,20-17-,21-18-,29-26-,30-27-,36-34-,50-47-,59-56-. The number of ether oxygens (including phenoxy) is 3. The Morgan fingerprint density at radius 3 is 0.793 bits per heavy atom. The van der Waals surface area contributed by atoms with Crippen LogP contribution in [0.2, 0.25) is 0 Å². The summed E-state index contributed by atoms with van der Waals surface area (Å²) in [6.45, 7) is 6.41. The predicted molar refractivity (Wildman–Crippen MR) is 357 cm³/mol. The van der Waals surface area contributed by atoms with Crippen LogP contribution in [0.1, 0.15) is 335 Å². The molecule has 0 saturated heterocycles. The molecule has 0 fully saturated rings. The number of unbranched alkanes of at least 4 members (excludes halogenated alkanes) is 34. The van der Waals surface area contributed by atoms with Gasteiger partial charge in [0.15, 0.2) is 6.10 Å². The highest BCUT2D eigenvalue weighted by atomic mass is 16.6. The number of hydrogen-bond donors (Lipinski definition) is 0. The summed E-state index contributed by atoms with van der Waals surface area (Å²) in [5.74, 6) is -0.947. The van der Waals surface area contributed by atoms with Gasteiger partial charge in [0.1, 0.15) is 13.2 Å². The first-order valence-corrected chi connectivity index (χ1v) is 34.9. The zero-order valence-electron chi connectivity index (χ0n) is 54.0. The van der Waals surface area contributed by atoms with Crippen LogP contribution in [0.3, 0.4) is 0 Å². The van der Waals surface area contributed by atoms with Crippen LogP contribution < -0.4 is 0 Å². The Morgan fingerprint density at radius 2 is 0.488 bits per heavy atom. The molecule has 6 heteroatoms. The summed E-state index contributed by atoms with van der Waals surface area (Å²) in [5, 5.41) is 0. The van der Waals surface area contributed by atoms with Gasteiger partial charge in [-0.15, -0.1) is 0 Å². The summed E-state index contributed by atoms with van der Waals surface area (Å²) < 4.78 is 16.9. The molecule has 0 aromatic heterocycles. The van der Waals surface area contributed by atoms with Crippen molar-refractivity contribution in [3.05, 3.63) is 109 Å². The van der Waals surface area contributed by atoms with Gasteiger partial charge >= 0.3 is 17.9 Å². The van der Waals surface area contributed by atoms with Crippen LogP contribution in [0.25, 0.3) is 0 Å². The number of carbonyl (C=O) groups is 3. The first-order chi connectivity index (χ1) is 40.5. The maximum atomic E-state index is 13.0. The van der Waals surface area contributed by atoms with Gasteiger partial charge in [0.25, 0.3) is 0 Å². The zero-order chi connectivity index (χ0) is 59.2. The molecule has 0 aliphatic carbocycles. The van der Waals surface area contributed by atoms with E-state index < -0.39 is 6.10 Å².